The predicted molar refractivity (Wildman–Crippen MR) is 113 cm³/mol. The first kappa shape index (κ1) is 20.7. The Morgan fingerprint density at radius 1 is 1.07 bits per heavy atom. The molecule has 1 unspecified atom stereocenters. The molecule has 0 aliphatic carbocycles. The maximum atomic E-state index is 6.21. The molecule has 1 heterocycles. The summed E-state index contributed by atoms with van der Waals surface area (Å²) in [6.45, 7) is 6.33. The molecule has 0 saturated heterocycles. The zero-order valence-corrected chi connectivity index (χ0v) is 17.0. The van der Waals surface area contributed by atoms with Gasteiger partial charge in [-0.1, -0.05) is 49.7 Å². The van der Waals surface area contributed by atoms with E-state index < -0.39 is 0 Å². The van der Waals surface area contributed by atoms with Gasteiger partial charge in [0.2, 0.25) is 0 Å². The minimum absolute atomic E-state index is 0.220. The molecule has 2 aromatic rings. The second-order valence-corrected chi connectivity index (χ2v) is 7.35. The first-order valence-electron chi connectivity index (χ1n) is 10.6. The van der Waals surface area contributed by atoms with Crippen LogP contribution in [0.25, 0.3) is 0 Å². The second kappa shape index (κ2) is 11.7. The van der Waals surface area contributed by atoms with E-state index in [1.165, 1.54) is 17.5 Å². The summed E-state index contributed by atoms with van der Waals surface area (Å²) in [6, 6.07) is 16.4. The number of unbranched alkanes of at least 4 members (excludes halogenated alkanes) is 1. The van der Waals surface area contributed by atoms with Gasteiger partial charge in [-0.15, -0.1) is 0 Å². The molecule has 2 aromatic carbocycles. The van der Waals surface area contributed by atoms with Crippen LogP contribution in [0.15, 0.2) is 48.5 Å². The van der Waals surface area contributed by atoms with Crippen LogP contribution in [0.3, 0.4) is 0 Å². The number of hydrogen-bond donors (Lipinski definition) is 1. The molecule has 0 radical (unpaired) electrons. The largest absolute Gasteiger partial charge is 0.489 e. The SMILES string of the molecule is CCCCOCCCNCC1CCc2ccc(OCc3ccccc3)cc2O1. The topological polar surface area (TPSA) is 39.7 Å². The Morgan fingerprint density at radius 3 is 2.79 bits per heavy atom. The van der Waals surface area contributed by atoms with Crippen molar-refractivity contribution in [1.82, 2.24) is 5.32 Å². The van der Waals surface area contributed by atoms with Crippen LogP contribution in [-0.2, 0) is 17.8 Å². The van der Waals surface area contributed by atoms with Crippen molar-refractivity contribution in [2.24, 2.45) is 0 Å². The lowest BCUT2D eigenvalue weighted by atomic mass is 10.0. The van der Waals surface area contributed by atoms with E-state index in [-0.39, 0.29) is 6.10 Å². The summed E-state index contributed by atoms with van der Waals surface area (Å²) in [5.41, 5.74) is 2.44. The van der Waals surface area contributed by atoms with E-state index in [0.29, 0.717) is 6.61 Å². The molecule has 0 aromatic heterocycles. The normalized spacial score (nSPS) is 15.7. The predicted octanol–water partition coefficient (Wildman–Crippen LogP) is 4.76. The maximum Gasteiger partial charge on any atom is 0.126 e. The molecule has 1 N–H and O–H groups in total. The minimum Gasteiger partial charge on any atom is -0.489 e. The highest BCUT2D eigenvalue weighted by molar-refractivity contribution is 5.42. The molecular weight excluding hydrogens is 350 g/mol. The summed E-state index contributed by atoms with van der Waals surface area (Å²) in [6.07, 6.45) is 5.72. The number of ether oxygens (including phenoxy) is 3. The zero-order valence-electron chi connectivity index (χ0n) is 17.0. The summed E-state index contributed by atoms with van der Waals surface area (Å²) in [4.78, 5) is 0. The summed E-state index contributed by atoms with van der Waals surface area (Å²) in [7, 11) is 0. The summed E-state index contributed by atoms with van der Waals surface area (Å²) < 4.78 is 17.7. The van der Waals surface area contributed by atoms with Gasteiger partial charge in [-0.05, 0) is 49.4 Å². The summed E-state index contributed by atoms with van der Waals surface area (Å²) >= 11 is 0. The third-order valence-electron chi connectivity index (χ3n) is 4.97. The van der Waals surface area contributed by atoms with Crippen LogP contribution >= 0.6 is 0 Å². The summed E-state index contributed by atoms with van der Waals surface area (Å²) in [5.74, 6) is 1.83. The van der Waals surface area contributed by atoms with Crippen molar-refractivity contribution in [3.05, 3.63) is 59.7 Å². The Hall–Kier alpha value is -2.04. The molecule has 1 aliphatic heterocycles. The smallest absolute Gasteiger partial charge is 0.126 e. The lowest BCUT2D eigenvalue weighted by Crippen LogP contribution is -2.34. The fourth-order valence-electron chi connectivity index (χ4n) is 3.29. The standard InChI is InChI=1S/C24H33NO3/c1-2-3-15-26-16-7-14-25-18-23-13-11-21-10-12-22(17-24(21)28-23)27-19-20-8-5-4-6-9-20/h4-6,8-10,12,17,23,25H,2-3,7,11,13-16,18-19H2,1H3. The van der Waals surface area contributed by atoms with Gasteiger partial charge in [0.25, 0.3) is 0 Å². The molecule has 0 saturated carbocycles. The first-order valence-corrected chi connectivity index (χ1v) is 10.6. The van der Waals surface area contributed by atoms with Crippen molar-refractivity contribution in [3.63, 3.8) is 0 Å². The molecule has 1 aliphatic rings. The van der Waals surface area contributed by atoms with Crippen LogP contribution in [0.1, 0.15) is 43.7 Å². The molecular formula is C24H33NO3. The highest BCUT2D eigenvalue weighted by Gasteiger charge is 2.20. The van der Waals surface area contributed by atoms with Gasteiger partial charge in [-0.2, -0.15) is 0 Å². The van der Waals surface area contributed by atoms with Gasteiger partial charge in [-0.3, -0.25) is 0 Å². The number of aryl methyl sites for hydroxylation is 1. The highest BCUT2D eigenvalue weighted by Crippen LogP contribution is 2.31. The molecule has 0 spiro atoms. The van der Waals surface area contributed by atoms with E-state index in [0.717, 1.165) is 63.5 Å². The number of nitrogens with one attached hydrogen (secondary N) is 1. The third-order valence-corrected chi connectivity index (χ3v) is 4.97. The fraction of sp³-hybridized carbons (Fsp3) is 0.500. The van der Waals surface area contributed by atoms with Gasteiger partial charge in [0.15, 0.2) is 0 Å². The Morgan fingerprint density at radius 2 is 1.93 bits per heavy atom. The van der Waals surface area contributed by atoms with Gasteiger partial charge < -0.3 is 19.5 Å². The van der Waals surface area contributed by atoms with Gasteiger partial charge in [0.05, 0.1) is 0 Å². The Kier molecular flexibility index (Phi) is 8.66. The molecule has 1 atom stereocenters. The van der Waals surface area contributed by atoms with Crippen molar-refractivity contribution in [3.8, 4) is 11.5 Å². The van der Waals surface area contributed by atoms with E-state index in [4.69, 9.17) is 14.2 Å². The zero-order chi connectivity index (χ0) is 19.4. The second-order valence-electron chi connectivity index (χ2n) is 7.35. The maximum absolute atomic E-state index is 6.21. The van der Waals surface area contributed by atoms with Crippen molar-refractivity contribution < 1.29 is 14.2 Å². The van der Waals surface area contributed by atoms with Gasteiger partial charge >= 0.3 is 0 Å². The van der Waals surface area contributed by atoms with Gasteiger partial charge in [0, 0.05) is 25.8 Å². The van der Waals surface area contributed by atoms with E-state index in [9.17, 15) is 0 Å². The number of fused-ring (bicyclic) bond motifs is 1. The molecule has 28 heavy (non-hydrogen) atoms. The fourth-order valence-corrected chi connectivity index (χ4v) is 3.29. The van der Waals surface area contributed by atoms with Crippen molar-refractivity contribution in [2.45, 2.75) is 51.7 Å². The molecule has 0 amide bonds. The average Bonchev–Trinajstić information content (AvgIpc) is 2.74. The highest BCUT2D eigenvalue weighted by atomic mass is 16.5. The van der Waals surface area contributed by atoms with Crippen LogP contribution in [0, 0.1) is 0 Å². The average molecular weight is 384 g/mol. The van der Waals surface area contributed by atoms with Crippen LogP contribution in [0.4, 0.5) is 0 Å². The van der Waals surface area contributed by atoms with Crippen LogP contribution in [0.2, 0.25) is 0 Å². The van der Waals surface area contributed by atoms with Crippen LogP contribution in [0.5, 0.6) is 11.5 Å². The Bertz CT molecular complexity index is 690. The van der Waals surface area contributed by atoms with Crippen molar-refractivity contribution in [1.29, 1.82) is 0 Å². The van der Waals surface area contributed by atoms with E-state index in [2.05, 4.69) is 30.4 Å². The van der Waals surface area contributed by atoms with Crippen LogP contribution in [-0.4, -0.2) is 32.4 Å². The summed E-state index contributed by atoms with van der Waals surface area (Å²) in [5, 5.41) is 3.50. The monoisotopic (exact) mass is 383 g/mol. The van der Waals surface area contributed by atoms with Gasteiger partial charge in [-0.25, -0.2) is 0 Å². The molecule has 4 heteroatoms. The number of hydrogen-bond acceptors (Lipinski definition) is 4. The van der Waals surface area contributed by atoms with Crippen molar-refractivity contribution in [2.75, 3.05) is 26.3 Å². The molecule has 152 valence electrons. The lowest BCUT2D eigenvalue weighted by molar-refractivity contribution is 0.126. The van der Waals surface area contributed by atoms with Crippen LogP contribution < -0.4 is 14.8 Å². The number of rotatable bonds is 12. The van der Waals surface area contributed by atoms with E-state index >= 15 is 0 Å². The molecule has 3 rings (SSSR count). The molecule has 0 fully saturated rings. The van der Waals surface area contributed by atoms with E-state index in [1.807, 2.05) is 30.3 Å². The Balaban J connectivity index is 1.38. The molecule has 4 nitrogen and oxygen atoms in total. The minimum atomic E-state index is 0.220. The van der Waals surface area contributed by atoms with E-state index in [1.54, 1.807) is 0 Å². The number of benzene rings is 2. The third kappa shape index (κ3) is 6.84. The first-order chi connectivity index (χ1) is 13.8. The Labute approximate surface area is 169 Å². The quantitative estimate of drug-likeness (QED) is 0.537. The molecule has 0 bridgehead atoms. The van der Waals surface area contributed by atoms with Crippen molar-refractivity contribution >= 4 is 0 Å². The lowest BCUT2D eigenvalue weighted by Gasteiger charge is -2.27. The van der Waals surface area contributed by atoms with Gasteiger partial charge in [0.1, 0.15) is 24.2 Å².